The normalized spacial score (nSPS) is 12.0. The van der Waals surface area contributed by atoms with Crippen LogP contribution in [-0.4, -0.2) is 31.4 Å². The number of ether oxygens (including phenoxy) is 3. The Hall–Kier alpha value is -2.73. The van der Waals surface area contributed by atoms with E-state index in [-0.39, 0.29) is 11.0 Å². The summed E-state index contributed by atoms with van der Waals surface area (Å²) in [5, 5.41) is 10.3. The molecule has 6 heteroatoms. The molecule has 0 radical (unpaired) electrons. The molecular weight excluding hydrogens is 352 g/mol. The molecule has 0 spiro atoms. The maximum atomic E-state index is 11.7. The first-order chi connectivity index (χ1) is 12.5. The van der Waals surface area contributed by atoms with E-state index < -0.39 is 5.97 Å². The molecule has 0 amide bonds. The molecule has 136 valence electrons. The van der Waals surface area contributed by atoms with Gasteiger partial charge in [0.15, 0.2) is 22.1 Å². The number of rotatable bonds is 7. The second kappa shape index (κ2) is 7.66. The zero-order chi connectivity index (χ0) is 18.7. The fourth-order valence-corrected chi connectivity index (χ4v) is 3.83. The Morgan fingerprint density at radius 2 is 1.77 bits per heavy atom. The van der Waals surface area contributed by atoms with E-state index in [2.05, 4.69) is 0 Å². The van der Waals surface area contributed by atoms with Gasteiger partial charge in [-0.15, -0.1) is 11.3 Å². The molecular formula is C20H20O5S. The van der Waals surface area contributed by atoms with Gasteiger partial charge >= 0.3 is 5.97 Å². The first-order valence-corrected chi connectivity index (χ1v) is 8.97. The van der Waals surface area contributed by atoms with Crippen molar-refractivity contribution in [1.29, 1.82) is 0 Å². The van der Waals surface area contributed by atoms with Crippen LogP contribution < -0.4 is 14.2 Å². The van der Waals surface area contributed by atoms with E-state index in [0.717, 1.165) is 10.3 Å². The highest BCUT2D eigenvalue weighted by molar-refractivity contribution is 7.21. The lowest BCUT2D eigenvalue weighted by Crippen LogP contribution is -2.16. The first kappa shape index (κ1) is 18.1. The van der Waals surface area contributed by atoms with Crippen LogP contribution in [0.25, 0.3) is 10.1 Å². The number of fused-ring (bicyclic) bond motifs is 1. The van der Waals surface area contributed by atoms with Gasteiger partial charge in [0.2, 0.25) is 0 Å². The molecule has 0 aliphatic carbocycles. The smallest absolute Gasteiger partial charge is 0.349 e. The maximum absolute atomic E-state index is 11.7. The molecule has 0 fully saturated rings. The Balaban J connectivity index is 1.99. The molecule has 1 N–H and O–H groups in total. The van der Waals surface area contributed by atoms with E-state index in [0.29, 0.717) is 29.1 Å². The lowest BCUT2D eigenvalue weighted by atomic mass is 10.1. The summed E-state index contributed by atoms with van der Waals surface area (Å²) in [6.07, 6.45) is 0.506. The van der Waals surface area contributed by atoms with Gasteiger partial charge in [0.05, 0.1) is 14.2 Å². The highest BCUT2D eigenvalue weighted by atomic mass is 32.1. The van der Waals surface area contributed by atoms with Crippen molar-refractivity contribution in [3.63, 3.8) is 0 Å². The molecule has 3 rings (SSSR count). The highest BCUT2D eigenvalue weighted by Gasteiger charge is 2.23. The number of thiophene rings is 1. The van der Waals surface area contributed by atoms with Gasteiger partial charge in [0.1, 0.15) is 6.10 Å². The highest BCUT2D eigenvalue weighted by Crippen LogP contribution is 2.43. The van der Waals surface area contributed by atoms with Crippen LogP contribution in [0, 0.1) is 0 Å². The third-order valence-corrected chi connectivity index (χ3v) is 5.15. The van der Waals surface area contributed by atoms with Crippen molar-refractivity contribution in [3.8, 4) is 17.2 Å². The van der Waals surface area contributed by atoms with Gasteiger partial charge in [-0.3, -0.25) is 0 Å². The van der Waals surface area contributed by atoms with Crippen LogP contribution >= 0.6 is 11.3 Å². The largest absolute Gasteiger partial charge is 0.493 e. The summed E-state index contributed by atoms with van der Waals surface area (Å²) in [5.74, 6) is 0.463. The Kier molecular flexibility index (Phi) is 5.32. The van der Waals surface area contributed by atoms with Crippen molar-refractivity contribution < 1.29 is 24.1 Å². The van der Waals surface area contributed by atoms with Crippen LogP contribution in [-0.2, 0) is 6.42 Å². The number of methoxy groups -OCH3 is 2. The lowest BCUT2D eigenvalue weighted by molar-refractivity contribution is 0.0696. The maximum Gasteiger partial charge on any atom is 0.349 e. The second-order valence-electron chi connectivity index (χ2n) is 5.89. The van der Waals surface area contributed by atoms with E-state index in [1.54, 1.807) is 26.4 Å². The van der Waals surface area contributed by atoms with Crippen LogP contribution in [0.15, 0.2) is 42.5 Å². The topological polar surface area (TPSA) is 65.0 Å². The van der Waals surface area contributed by atoms with Crippen molar-refractivity contribution in [2.24, 2.45) is 0 Å². The van der Waals surface area contributed by atoms with Gasteiger partial charge in [-0.05, 0) is 18.6 Å². The molecule has 0 bridgehead atoms. The average molecular weight is 372 g/mol. The molecule has 1 heterocycles. The van der Waals surface area contributed by atoms with Crippen molar-refractivity contribution in [2.45, 2.75) is 19.4 Å². The molecule has 0 aliphatic rings. The Morgan fingerprint density at radius 1 is 1.12 bits per heavy atom. The summed E-state index contributed by atoms with van der Waals surface area (Å²) >= 11 is 1.17. The number of carboxylic acids is 1. The van der Waals surface area contributed by atoms with Gasteiger partial charge in [-0.2, -0.15) is 0 Å². The molecule has 3 aromatic rings. The molecule has 1 aromatic heterocycles. The van der Waals surface area contributed by atoms with Crippen LogP contribution in [0.4, 0.5) is 0 Å². The zero-order valence-electron chi connectivity index (χ0n) is 14.8. The summed E-state index contributed by atoms with van der Waals surface area (Å²) in [6, 6.07) is 13.5. The molecule has 5 nitrogen and oxygen atoms in total. The van der Waals surface area contributed by atoms with E-state index in [1.165, 1.54) is 11.3 Å². The SMILES string of the molecule is COc1cc2sc(C(=O)O)c(O[C@@H](C)Cc3ccccc3)c2cc1OC. The Morgan fingerprint density at radius 3 is 2.38 bits per heavy atom. The average Bonchev–Trinajstić information content (AvgIpc) is 2.99. The van der Waals surface area contributed by atoms with E-state index >= 15 is 0 Å². The molecule has 2 aromatic carbocycles. The van der Waals surface area contributed by atoms with Crippen LogP contribution in [0.3, 0.4) is 0 Å². The number of benzene rings is 2. The van der Waals surface area contributed by atoms with E-state index in [4.69, 9.17) is 14.2 Å². The number of aromatic carboxylic acids is 1. The summed E-state index contributed by atoms with van der Waals surface area (Å²) < 4.78 is 17.5. The third-order valence-electron chi connectivity index (χ3n) is 4.03. The van der Waals surface area contributed by atoms with Gasteiger partial charge < -0.3 is 19.3 Å². The van der Waals surface area contributed by atoms with Crippen molar-refractivity contribution in [2.75, 3.05) is 14.2 Å². The van der Waals surface area contributed by atoms with Gasteiger partial charge in [0.25, 0.3) is 0 Å². The quantitative estimate of drug-likeness (QED) is 0.655. The van der Waals surface area contributed by atoms with Gasteiger partial charge in [0, 0.05) is 22.6 Å². The molecule has 0 saturated heterocycles. The van der Waals surface area contributed by atoms with E-state index in [1.807, 2.05) is 37.3 Å². The molecule has 0 unspecified atom stereocenters. The molecule has 0 aliphatic heterocycles. The summed E-state index contributed by atoms with van der Waals surface area (Å²) in [4.78, 5) is 11.9. The minimum Gasteiger partial charge on any atom is -0.493 e. The van der Waals surface area contributed by atoms with Crippen LogP contribution in [0.5, 0.6) is 17.2 Å². The van der Waals surface area contributed by atoms with Gasteiger partial charge in [-0.25, -0.2) is 4.79 Å². The summed E-state index contributed by atoms with van der Waals surface area (Å²) in [5.41, 5.74) is 1.13. The van der Waals surface area contributed by atoms with Crippen LogP contribution in [0.2, 0.25) is 0 Å². The van der Waals surface area contributed by atoms with Crippen molar-refractivity contribution >= 4 is 27.4 Å². The molecule has 0 saturated carbocycles. The Bertz CT molecular complexity index is 917. The number of carboxylic acid groups (broad SMARTS) is 1. The lowest BCUT2D eigenvalue weighted by Gasteiger charge is -2.15. The molecule has 26 heavy (non-hydrogen) atoms. The monoisotopic (exact) mass is 372 g/mol. The predicted octanol–water partition coefficient (Wildman–Crippen LogP) is 4.63. The minimum absolute atomic E-state index is 0.176. The fraction of sp³-hybridized carbons (Fsp3) is 0.250. The zero-order valence-corrected chi connectivity index (χ0v) is 15.6. The number of carbonyl (C=O) groups is 1. The van der Waals surface area contributed by atoms with Crippen molar-refractivity contribution in [1.82, 2.24) is 0 Å². The summed E-state index contributed by atoms with van der Waals surface area (Å²) in [7, 11) is 3.10. The minimum atomic E-state index is -1.01. The summed E-state index contributed by atoms with van der Waals surface area (Å²) in [6.45, 7) is 1.93. The predicted molar refractivity (Wildman–Crippen MR) is 102 cm³/mol. The molecule has 1 atom stereocenters. The number of hydrogen-bond acceptors (Lipinski definition) is 5. The number of hydrogen-bond donors (Lipinski definition) is 1. The fourth-order valence-electron chi connectivity index (χ4n) is 2.85. The van der Waals surface area contributed by atoms with Crippen LogP contribution in [0.1, 0.15) is 22.2 Å². The standard InChI is InChI=1S/C20H20O5S/c1-12(9-13-7-5-4-6-8-13)25-18-14-10-15(23-2)16(24-3)11-17(14)26-19(18)20(21)22/h4-8,10-12H,9H2,1-3H3,(H,21,22)/t12-/m0/s1. The van der Waals surface area contributed by atoms with E-state index in [9.17, 15) is 9.90 Å². The first-order valence-electron chi connectivity index (χ1n) is 8.16. The van der Waals surface area contributed by atoms with Crippen molar-refractivity contribution in [3.05, 3.63) is 52.9 Å². The van der Waals surface area contributed by atoms with Gasteiger partial charge in [-0.1, -0.05) is 30.3 Å². The Labute approximate surface area is 155 Å². The second-order valence-corrected chi connectivity index (χ2v) is 6.94. The third kappa shape index (κ3) is 3.60.